The SMILES string of the molecule is Cn1ccnc(N2CCC[C@@H](C(=O)O)C2)c1=O. The summed E-state index contributed by atoms with van der Waals surface area (Å²) in [4.78, 5) is 28.6. The smallest absolute Gasteiger partial charge is 0.308 e. The number of nitrogens with zero attached hydrogens (tertiary/aromatic N) is 3. The molecule has 1 aliphatic heterocycles. The van der Waals surface area contributed by atoms with E-state index in [4.69, 9.17) is 5.11 Å². The summed E-state index contributed by atoms with van der Waals surface area (Å²) in [5.74, 6) is -0.862. The molecule has 2 rings (SSSR count). The fourth-order valence-electron chi connectivity index (χ4n) is 2.07. The molecule has 1 aromatic heterocycles. The van der Waals surface area contributed by atoms with Gasteiger partial charge in [-0.15, -0.1) is 0 Å². The van der Waals surface area contributed by atoms with Crippen LogP contribution in [-0.2, 0) is 11.8 Å². The minimum Gasteiger partial charge on any atom is -0.481 e. The maximum Gasteiger partial charge on any atom is 0.308 e. The van der Waals surface area contributed by atoms with E-state index in [1.807, 2.05) is 0 Å². The number of piperidine rings is 1. The zero-order chi connectivity index (χ0) is 12.4. The molecule has 0 radical (unpaired) electrons. The first-order valence-electron chi connectivity index (χ1n) is 5.59. The second-order valence-corrected chi connectivity index (χ2v) is 4.29. The van der Waals surface area contributed by atoms with Crippen LogP contribution in [0.2, 0.25) is 0 Å². The molecule has 1 aromatic rings. The van der Waals surface area contributed by atoms with Crippen molar-refractivity contribution < 1.29 is 9.90 Å². The summed E-state index contributed by atoms with van der Waals surface area (Å²) >= 11 is 0. The Kier molecular flexibility index (Phi) is 3.12. The number of rotatable bonds is 2. The molecule has 1 fully saturated rings. The van der Waals surface area contributed by atoms with Crippen LogP contribution >= 0.6 is 0 Å². The van der Waals surface area contributed by atoms with Crippen LogP contribution in [0.4, 0.5) is 5.82 Å². The molecule has 0 spiro atoms. The lowest BCUT2D eigenvalue weighted by Crippen LogP contribution is -2.42. The van der Waals surface area contributed by atoms with E-state index >= 15 is 0 Å². The molecule has 1 atom stereocenters. The van der Waals surface area contributed by atoms with Crippen LogP contribution in [0, 0.1) is 5.92 Å². The predicted octanol–water partition coefficient (Wildman–Crippen LogP) is 0.0813. The molecule has 92 valence electrons. The van der Waals surface area contributed by atoms with E-state index in [1.54, 1.807) is 24.3 Å². The Bertz CT molecular complexity index is 483. The van der Waals surface area contributed by atoms with E-state index in [0.717, 1.165) is 6.42 Å². The third kappa shape index (κ3) is 2.30. The zero-order valence-electron chi connectivity index (χ0n) is 9.67. The lowest BCUT2D eigenvalue weighted by atomic mass is 9.98. The van der Waals surface area contributed by atoms with Crippen molar-refractivity contribution in [3.8, 4) is 0 Å². The molecule has 0 aliphatic carbocycles. The van der Waals surface area contributed by atoms with Gasteiger partial charge in [0.1, 0.15) is 0 Å². The van der Waals surface area contributed by atoms with E-state index < -0.39 is 11.9 Å². The summed E-state index contributed by atoms with van der Waals surface area (Å²) in [6.45, 7) is 1.05. The third-order valence-corrected chi connectivity index (χ3v) is 3.07. The largest absolute Gasteiger partial charge is 0.481 e. The quantitative estimate of drug-likeness (QED) is 0.788. The van der Waals surface area contributed by atoms with Crippen molar-refractivity contribution in [2.75, 3.05) is 18.0 Å². The molecule has 0 unspecified atom stereocenters. The highest BCUT2D eigenvalue weighted by Gasteiger charge is 2.27. The number of hydrogen-bond acceptors (Lipinski definition) is 4. The molecule has 0 saturated carbocycles. The summed E-state index contributed by atoms with van der Waals surface area (Å²) in [5, 5.41) is 9.00. The van der Waals surface area contributed by atoms with Crippen molar-refractivity contribution in [2.24, 2.45) is 13.0 Å². The molecule has 0 bridgehead atoms. The lowest BCUT2D eigenvalue weighted by Gasteiger charge is -2.31. The molecule has 2 heterocycles. The minimum absolute atomic E-state index is 0.182. The first-order valence-corrected chi connectivity index (χ1v) is 5.59. The van der Waals surface area contributed by atoms with Gasteiger partial charge >= 0.3 is 5.97 Å². The molecule has 0 aromatic carbocycles. The predicted molar refractivity (Wildman–Crippen MR) is 62.1 cm³/mol. The molecule has 1 N–H and O–H groups in total. The van der Waals surface area contributed by atoms with Crippen molar-refractivity contribution in [3.05, 3.63) is 22.7 Å². The molecular formula is C11H15N3O3. The molecule has 0 amide bonds. The van der Waals surface area contributed by atoms with Crippen molar-refractivity contribution in [2.45, 2.75) is 12.8 Å². The number of aromatic nitrogens is 2. The molecular weight excluding hydrogens is 222 g/mol. The number of carbonyl (C=O) groups is 1. The first kappa shape index (κ1) is 11.6. The minimum atomic E-state index is -0.803. The van der Waals surface area contributed by atoms with Crippen LogP contribution < -0.4 is 10.5 Å². The molecule has 1 saturated heterocycles. The summed E-state index contributed by atoms with van der Waals surface area (Å²) in [7, 11) is 1.66. The highest BCUT2D eigenvalue weighted by molar-refractivity contribution is 5.71. The van der Waals surface area contributed by atoms with E-state index in [-0.39, 0.29) is 5.56 Å². The molecule has 17 heavy (non-hydrogen) atoms. The summed E-state index contributed by atoms with van der Waals surface area (Å²) < 4.78 is 1.45. The Labute approximate surface area is 98.5 Å². The van der Waals surface area contributed by atoms with Gasteiger partial charge in [-0.1, -0.05) is 0 Å². The standard InChI is InChI=1S/C11H15N3O3/c1-13-6-4-12-9(10(13)15)14-5-2-3-8(7-14)11(16)17/h4,6,8H,2-3,5,7H2,1H3,(H,16,17)/t8-/m1/s1. The number of hydrogen-bond donors (Lipinski definition) is 1. The second-order valence-electron chi connectivity index (χ2n) is 4.29. The highest BCUT2D eigenvalue weighted by atomic mass is 16.4. The van der Waals surface area contributed by atoms with Crippen molar-refractivity contribution in [1.29, 1.82) is 0 Å². The van der Waals surface area contributed by atoms with E-state index in [2.05, 4.69) is 4.98 Å². The summed E-state index contributed by atoms with van der Waals surface area (Å²) in [6, 6.07) is 0. The average Bonchev–Trinajstić information content (AvgIpc) is 2.33. The van der Waals surface area contributed by atoms with Gasteiger partial charge < -0.3 is 14.6 Å². The van der Waals surface area contributed by atoms with Gasteiger partial charge in [0, 0.05) is 32.5 Å². The van der Waals surface area contributed by atoms with Gasteiger partial charge in [0.05, 0.1) is 5.92 Å². The number of carboxylic acids is 1. The van der Waals surface area contributed by atoms with Gasteiger partial charge in [0.2, 0.25) is 0 Å². The maximum absolute atomic E-state index is 11.9. The monoisotopic (exact) mass is 237 g/mol. The second kappa shape index (κ2) is 4.57. The van der Waals surface area contributed by atoms with Gasteiger partial charge in [-0.25, -0.2) is 4.98 Å². The van der Waals surface area contributed by atoms with E-state index in [9.17, 15) is 9.59 Å². The lowest BCUT2D eigenvalue weighted by molar-refractivity contribution is -0.141. The molecule has 6 heteroatoms. The Hall–Kier alpha value is -1.85. The van der Waals surface area contributed by atoms with Gasteiger partial charge in [-0.05, 0) is 12.8 Å². The summed E-state index contributed by atoms with van der Waals surface area (Å²) in [6.07, 6.45) is 4.58. The van der Waals surface area contributed by atoms with E-state index in [0.29, 0.717) is 25.3 Å². The van der Waals surface area contributed by atoms with Gasteiger partial charge in [-0.2, -0.15) is 0 Å². The fraction of sp³-hybridized carbons (Fsp3) is 0.545. The topological polar surface area (TPSA) is 75.4 Å². The summed E-state index contributed by atoms with van der Waals surface area (Å²) in [5.41, 5.74) is -0.182. The first-order chi connectivity index (χ1) is 8.09. The van der Waals surface area contributed by atoms with Gasteiger partial charge in [0.25, 0.3) is 5.56 Å². The number of anilines is 1. The third-order valence-electron chi connectivity index (χ3n) is 3.07. The Morgan fingerprint density at radius 2 is 2.35 bits per heavy atom. The fourth-order valence-corrected chi connectivity index (χ4v) is 2.07. The Balaban J connectivity index is 2.25. The Morgan fingerprint density at radius 1 is 1.59 bits per heavy atom. The Morgan fingerprint density at radius 3 is 3.06 bits per heavy atom. The van der Waals surface area contributed by atoms with E-state index in [1.165, 1.54) is 4.57 Å². The van der Waals surface area contributed by atoms with Crippen LogP contribution in [0.3, 0.4) is 0 Å². The number of carboxylic acid groups (broad SMARTS) is 1. The average molecular weight is 237 g/mol. The molecule has 1 aliphatic rings. The maximum atomic E-state index is 11.9. The van der Waals surface area contributed by atoms with Gasteiger partial charge in [-0.3, -0.25) is 9.59 Å². The van der Waals surface area contributed by atoms with Gasteiger partial charge in [0.15, 0.2) is 5.82 Å². The van der Waals surface area contributed by atoms with Crippen LogP contribution in [-0.4, -0.2) is 33.7 Å². The van der Waals surface area contributed by atoms with Crippen LogP contribution in [0.15, 0.2) is 17.2 Å². The normalized spacial score (nSPS) is 20.3. The van der Waals surface area contributed by atoms with Crippen molar-refractivity contribution in [3.63, 3.8) is 0 Å². The van der Waals surface area contributed by atoms with Crippen LogP contribution in [0.1, 0.15) is 12.8 Å². The number of aliphatic carboxylic acids is 1. The number of aryl methyl sites for hydroxylation is 1. The van der Waals surface area contributed by atoms with Crippen LogP contribution in [0.5, 0.6) is 0 Å². The zero-order valence-corrected chi connectivity index (χ0v) is 9.67. The van der Waals surface area contributed by atoms with Crippen molar-refractivity contribution >= 4 is 11.8 Å². The molecule has 6 nitrogen and oxygen atoms in total. The van der Waals surface area contributed by atoms with Crippen molar-refractivity contribution in [1.82, 2.24) is 9.55 Å². The highest BCUT2D eigenvalue weighted by Crippen LogP contribution is 2.19. The van der Waals surface area contributed by atoms with Crippen LogP contribution in [0.25, 0.3) is 0 Å².